The van der Waals surface area contributed by atoms with Gasteiger partial charge >= 0.3 is 0 Å². The number of nitrogens with two attached hydrogens (primary N) is 1. The summed E-state index contributed by atoms with van der Waals surface area (Å²) < 4.78 is 0. The summed E-state index contributed by atoms with van der Waals surface area (Å²) in [6, 6.07) is 0. The van der Waals surface area contributed by atoms with Gasteiger partial charge in [0, 0.05) is 13.1 Å². The van der Waals surface area contributed by atoms with Gasteiger partial charge in [0.15, 0.2) is 0 Å². The second-order valence-corrected chi connectivity index (χ2v) is 6.54. The smallest absolute Gasteiger partial charge is 0.240 e. The second kappa shape index (κ2) is 9.88. The van der Waals surface area contributed by atoms with E-state index in [2.05, 4.69) is 17.1 Å². The number of hydrogen-bond donors (Lipinski definition) is 2. The number of nitrogens with one attached hydrogen (secondary N) is 1. The van der Waals surface area contributed by atoms with Crippen LogP contribution < -0.4 is 11.1 Å². The summed E-state index contributed by atoms with van der Waals surface area (Å²) in [5.41, 5.74) is 5.57. The van der Waals surface area contributed by atoms with Gasteiger partial charge in [-0.05, 0) is 44.7 Å². The lowest BCUT2D eigenvalue weighted by Crippen LogP contribution is -2.53. The standard InChI is InChI=1S/C15H29N3O.2ClH/c1-13(12-18-9-5-2-6-10-18)11-17-14(19)15(16)7-3-4-8-15;;/h13H,2-12,16H2,1H3,(H,17,19);2*1H. The van der Waals surface area contributed by atoms with E-state index in [9.17, 15) is 4.79 Å². The van der Waals surface area contributed by atoms with E-state index in [1.54, 1.807) is 0 Å². The lowest BCUT2D eigenvalue weighted by atomic mass is 9.98. The molecule has 1 heterocycles. The van der Waals surface area contributed by atoms with Crippen molar-refractivity contribution in [3.63, 3.8) is 0 Å². The molecule has 1 atom stereocenters. The van der Waals surface area contributed by atoms with Crippen molar-refractivity contribution in [2.45, 2.75) is 57.4 Å². The Bertz CT molecular complexity index is 303. The van der Waals surface area contributed by atoms with E-state index in [1.165, 1.54) is 32.4 Å². The van der Waals surface area contributed by atoms with Crippen LogP contribution in [0.3, 0.4) is 0 Å². The molecule has 4 nitrogen and oxygen atoms in total. The zero-order valence-electron chi connectivity index (χ0n) is 13.1. The van der Waals surface area contributed by atoms with Crippen LogP contribution in [-0.2, 0) is 4.79 Å². The van der Waals surface area contributed by atoms with Gasteiger partial charge in [-0.1, -0.05) is 26.2 Å². The molecule has 0 aromatic carbocycles. The minimum atomic E-state index is -0.579. The number of carbonyl (C=O) groups excluding carboxylic acids is 1. The predicted molar refractivity (Wildman–Crippen MR) is 92.3 cm³/mol. The van der Waals surface area contributed by atoms with E-state index >= 15 is 0 Å². The minimum Gasteiger partial charge on any atom is -0.354 e. The molecule has 21 heavy (non-hydrogen) atoms. The predicted octanol–water partition coefficient (Wildman–Crippen LogP) is 2.34. The van der Waals surface area contributed by atoms with E-state index < -0.39 is 5.54 Å². The van der Waals surface area contributed by atoms with Crippen LogP contribution in [0.1, 0.15) is 51.9 Å². The lowest BCUT2D eigenvalue weighted by Gasteiger charge is -2.30. The molecule has 1 amide bonds. The van der Waals surface area contributed by atoms with Crippen LogP contribution >= 0.6 is 24.8 Å². The number of piperidine rings is 1. The molecule has 1 aliphatic heterocycles. The zero-order valence-corrected chi connectivity index (χ0v) is 14.7. The molecule has 0 aromatic heterocycles. The highest BCUT2D eigenvalue weighted by molar-refractivity contribution is 5.86. The van der Waals surface area contributed by atoms with Crippen molar-refractivity contribution in [3.8, 4) is 0 Å². The first-order valence-corrected chi connectivity index (χ1v) is 7.90. The molecule has 0 spiro atoms. The Morgan fingerprint density at radius 1 is 1.14 bits per heavy atom. The Morgan fingerprint density at radius 3 is 2.29 bits per heavy atom. The van der Waals surface area contributed by atoms with Gasteiger partial charge in [-0.15, -0.1) is 24.8 Å². The third kappa shape index (κ3) is 6.31. The molecule has 0 bridgehead atoms. The Hall–Kier alpha value is -0.0300. The maximum Gasteiger partial charge on any atom is 0.240 e. The summed E-state index contributed by atoms with van der Waals surface area (Å²) in [5, 5.41) is 3.06. The van der Waals surface area contributed by atoms with Gasteiger partial charge in [0.25, 0.3) is 0 Å². The molecule has 2 fully saturated rings. The molecule has 0 radical (unpaired) electrons. The average molecular weight is 340 g/mol. The zero-order chi connectivity index (χ0) is 13.7. The number of carbonyl (C=O) groups is 1. The van der Waals surface area contributed by atoms with Crippen LogP contribution in [-0.4, -0.2) is 42.5 Å². The Balaban J connectivity index is 0.00000200. The molecule has 2 rings (SSSR count). The molecule has 1 saturated heterocycles. The van der Waals surface area contributed by atoms with Crippen molar-refractivity contribution in [3.05, 3.63) is 0 Å². The molecular weight excluding hydrogens is 309 g/mol. The number of hydrogen-bond acceptors (Lipinski definition) is 3. The average Bonchev–Trinajstić information content (AvgIpc) is 2.85. The van der Waals surface area contributed by atoms with E-state index in [0.29, 0.717) is 5.92 Å². The second-order valence-electron chi connectivity index (χ2n) is 6.54. The first kappa shape index (κ1) is 21.0. The summed E-state index contributed by atoms with van der Waals surface area (Å²) in [6.07, 6.45) is 7.90. The van der Waals surface area contributed by atoms with Crippen LogP contribution in [0.5, 0.6) is 0 Å². The van der Waals surface area contributed by atoms with Gasteiger partial charge in [0.05, 0.1) is 5.54 Å². The molecule has 2 aliphatic rings. The van der Waals surface area contributed by atoms with E-state index in [4.69, 9.17) is 5.73 Å². The van der Waals surface area contributed by atoms with Gasteiger partial charge in [-0.2, -0.15) is 0 Å². The van der Waals surface area contributed by atoms with Crippen molar-refractivity contribution < 1.29 is 4.79 Å². The summed E-state index contributed by atoms with van der Waals surface area (Å²) in [5.74, 6) is 0.572. The molecular formula is C15H31Cl2N3O. The fraction of sp³-hybridized carbons (Fsp3) is 0.933. The summed E-state index contributed by atoms with van der Waals surface area (Å²) in [6.45, 7) is 6.51. The molecule has 6 heteroatoms. The van der Waals surface area contributed by atoms with Crippen molar-refractivity contribution in [2.24, 2.45) is 11.7 Å². The number of amides is 1. The topological polar surface area (TPSA) is 58.4 Å². The van der Waals surface area contributed by atoms with Crippen molar-refractivity contribution in [1.82, 2.24) is 10.2 Å². The fourth-order valence-corrected chi connectivity index (χ4v) is 3.32. The quantitative estimate of drug-likeness (QED) is 0.808. The molecule has 0 aromatic rings. The van der Waals surface area contributed by atoms with Crippen LogP contribution in [0.4, 0.5) is 0 Å². The molecule has 126 valence electrons. The third-order valence-corrected chi connectivity index (χ3v) is 4.58. The van der Waals surface area contributed by atoms with Gasteiger partial charge in [-0.3, -0.25) is 4.79 Å². The van der Waals surface area contributed by atoms with Crippen LogP contribution in [0, 0.1) is 5.92 Å². The van der Waals surface area contributed by atoms with E-state index in [0.717, 1.165) is 38.8 Å². The van der Waals surface area contributed by atoms with Gasteiger partial charge in [0.2, 0.25) is 5.91 Å². The lowest BCUT2D eigenvalue weighted by molar-refractivity contribution is -0.126. The summed E-state index contributed by atoms with van der Waals surface area (Å²) >= 11 is 0. The maximum atomic E-state index is 12.1. The van der Waals surface area contributed by atoms with Gasteiger partial charge in [0.1, 0.15) is 0 Å². The molecule has 3 N–H and O–H groups in total. The van der Waals surface area contributed by atoms with Crippen molar-refractivity contribution >= 4 is 30.7 Å². The highest BCUT2D eigenvalue weighted by Crippen LogP contribution is 2.27. The minimum absolute atomic E-state index is 0. The normalized spacial score (nSPS) is 22.8. The molecule has 1 aliphatic carbocycles. The largest absolute Gasteiger partial charge is 0.354 e. The number of rotatable bonds is 5. The Morgan fingerprint density at radius 2 is 1.71 bits per heavy atom. The van der Waals surface area contributed by atoms with E-state index in [1.807, 2.05) is 0 Å². The Labute approximate surface area is 141 Å². The summed E-state index contributed by atoms with van der Waals surface area (Å²) in [7, 11) is 0. The van der Waals surface area contributed by atoms with E-state index in [-0.39, 0.29) is 30.7 Å². The van der Waals surface area contributed by atoms with Crippen LogP contribution in [0.25, 0.3) is 0 Å². The monoisotopic (exact) mass is 339 g/mol. The Kier molecular flexibility index (Phi) is 9.87. The maximum absolute atomic E-state index is 12.1. The SMILES string of the molecule is CC(CNC(=O)C1(N)CCCC1)CN1CCCCC1.Cl.Cl. The number of likely N-dealkylation sites (tertiary alicyclic amines) is 1. The first-order valence-electron chi connectivity index (χ1n) is 7.90. The van der Waals surface area contributed by atoms with Gasteiger partial charge in [-0.25, -0.2) is 0 Å². The fourth-order valence-electron chi connectivity index (χ4n) is 3.32. The van der Waals surface area contributed by atoms with Gasteiger partial charge < -0.3 is 16.0 Å². The van der Waals surface area contributed by atoms with Crippen LogP contribution in [0.15, 0.2) is 0 Å². The van der Waals surface area contributed by atoms with Crippen molar-refractivity contribution in [2.75, 3.05) is 26.2 Å². The number of nitrogens with zero attached hydrogens (tertiary/aromatic N) is 1. The molecule has 1 unspecified atom stereocenters. The highest BCUT2D eigenvalue weighted by atomic mass is 35.5. The third-order valence-electron chi connectivity index (χ3n) is 4.58. The van der Waals surface area contributed by atoms with Crippen molar-refractivity contribution in [1.29, 1.82) is 0 Å². The van der Waals surface area contributed by atoms with Crippen LogP contribution in [0.2, 0.25) is 0 Å². The molecule has 1 saturated carbocycles. The number of halogens is 2. The summed E-state index contributed by atoms with van der Waals surface area (Å²) in [4.78, 5) is 14.6. The highest BCUT2D eigenvalue weighted by Gasteiger charge is 2.36. The first-order chi connectivity index (χ1) is 9.10.